The Kier molecular flexibility index (Phi) is 0.843. The molecule has 1 rings (SSSR count). The Morgan fingerprint density at radius 1 is 1.83 bits per heavy atom. The fraction of sp³-hybridized carbons (Fsp3) is 0. The highest BCUT2D eigenvalue weighted by Crippen LogP contribution is 2.04. The van der Waals surface area contributed by atoms with E-state index < -0.39 is 0 Å². The molecule has 0 saturated carbocycles. The van der Waals surface area contributed by atoms with E-state index in [1.54, 1.807) is 6.07 Å². The van der Waals surface area contributed by atoms with Crippen LogP contribution >= 0.6 is 11.6 Å². The van der Waals surface area contributed by atoms with E-state index in [0.29, 0.717) is 5.02 Å². The van der Waals surface area contributed by atoms with E-state index in [1.807, 2.05) is 0 Å². The van der Waals surface area contributed by atoms with Crippen molar-refractivity contribution in [1.29, 1.82) is 0 Å². The molecule has 0 bridgehead atoms. The zero-order valence-electron chi connectivity index (χ0n) is 2.94. The van der Waals surface area contributed by atoms with Gasteiger partial charge in [0.15, 0.2) is 6.26 Å². The molecule has 2 heteroatoms. The van der Waals surface area contributed by atoms with Crippen molar-refractivity contribution >= 4 is 11.6 Å². The van der Waals surface area contributed by atoms with Crippen molar-refractivity contribution in [3.8, 4) is 0 Å². The van der Waals surface area contributed by atoms with E-state index in [2.05, 4.69) is 10.7 Å². The molecule has 1 heterocycles. The van der Waals surface area contributed by atoms with E-state index >= 15 is 0 Å². The van der Waals surface area contributed by atoms with E-state index in [-0.39, 0.29) is 0 Å². The molecule has 0 aliphatic heterocycles. The van der Waals surface area contributed by atoms with E-state index in [4.69, 9.17) is 11.6 Å². The van der Waals surface area contributed by atoms with Crippen molar-refractivity contribution in [2.24, 2.45) is 0 Å². The van der Waals surface area contributed by atoms with Gasteiger partial charge in [-0.25, -0.2) is 0 Å². The molecule has 1 aromatic heterocycles. The molecule has 0 aliphatic carbocycles. The van der Waals surface area contributed by atoms with Crippen molar-refractivity contribution in [3.05, 3.63) is 23.6 Å². The molecular formula is C4H2ClO. The van der Waals surface area contributed by atoms with Crippen molar-refractivity contribution < 1.29 is 4.42 Å². The Morgan fingerprint density at radius 2 is 2.67 bits per heavy atom. The average molecular weight is 102 g/mol. The molecule has 0 N–H and O–H groups in total. The lowest BCUT2D eigenvalue weighted by atomic mass is 10.7. The monoisotopic (exact) mass is 101 g/mol. The topological polar surface area (TPSA) is 13.1 Å². The summed E-state index contributed by atoms with van der Waals surface area (Å²) in [6.45, 7) is 0. The van der Waals surface area contributed by atoms with Crippen LogP contribution in [-0.2, 0) is 0 Å². The molecule has 0 fully saturated rings. The fourth-order valence-corrected chi connectivity index (χ4v) is 0.304. The summed E-state index contributed by atoms with van der Waals surface area (Å²) in [5, 5.41) is 0.593. The first-order chi connectivity index (χ1) is 2.89. The zero-order chi connectivity index (χ0) is 4.41. The van der Waals surface area contributed by atoms with E-state index in [1.165, 1.54) is 6.26 Å². The molecule has 1 radical (unpaired) electrons. The molecular weight excluding hydrogens is 99.5 g/mol. The van der Waals surface area contributed by atoms with Crippen LogP contribution in [0, 0.1) is 6.26 Å². The smallest absolute Gasteiger partial charge is 0.170 e. The predicted molar refractivity (Wildman–Crippen MR) is 22.6 cm³/mol. The van der Waals surface area contributed by atoms with Crippen molar-refractivity contribution in [1.82, 2.24) is 0 Å². The third-order valence-electron chi connectivity index (χ3n) is 0.436. The highest BCUT2D eigenvalue weighted by molar-refractivity contribution is 6.30. The van der Waals surface area contributed by atoms with Gasteiger partial charge < -0.3 is 4.42 Å². The molecule has 0 spiro atoms. The standard InChI is InChI=1S/C4H2ClO/c5-4-1-2-6-3-4/h1,3H. The Bertz CT molecular complexity index is 111. The van der Waals surface area contributed by atoms with Gasteiger partial charge in [-0.05, 0) is 0 Å². The summed E-state index contributed by atoms with van der Waals surface area (Å²) in [6.07, 6.45) is 3.84. The molecule has 31 valence electrons. The Hall–Kier alpha value is -0.430. The maximum atomic E-state index is 5.33. The van der Waals surface area contributed by atoms with Gasteiger partial charge in [-0.1, -0.05) is 11.6 Å². The highest BCUT2D eigenvalue weighted by atomic mass is 35.5. The van der Waals surface area contributed by atoms with Crippen molar-refractivity contribution in [2.45, 2.75) is 0 Å². The Balaban J connectivity index is 3.05. The van der Waals surface area contributed by atoms with Crippen LogP contribution in [0.5, 0.6) is 0 Å². The van der Waals surface area contributed by atoms with Gasteiger partial charge >= 0.3 is 0 Å². The van der Waals surface area contributed by atoms with Gasteiger partial charge in [0.1, 0.15) is 6.26 Å². The second-order valence-corrected chi connectivity index (χ2v) is 1.32. The van der Waals surface area contributed by atoms with Gasteiger partial charge in [0.25, 0.3) is 0 Å². The lowest BCUT2D eigenvalue weighted by molar-refractivity contribution is 0.558. The van der Waals surface area contributed by atoms with E-state index in [9.17, 15) is 0 Å². The predicted octanol–water partition coefficient (Wildman–Crippen LogP) is 1.73. The SMILES string of the molecule is Clc1c[c]oc1. The van der Waals surface area contributed by atoms with Gasteiger partial charge in [0.2, 0.25) is 0 Å². The second-order valence-electron chi connectivity index (χ2n) is 0.883. The molecule has 0 amide bonds. The molecule has 0 aliphatic rings. The molecule has 1 aromatic rings. The third kappa shape index (κ3) is 0.546. The van der Waals surface area contributed by atoms with Crippen LogP contribution in [-0.4, -0.2) is 0 Å². The van der Waals surface area contributed by atoms with Crippen LogP contribution < -0.4 is 0 Å². The molecule has 0 saturated heterocycles. The number of furan rings is 1. The van der Waals surface area contributed by atoms with Gasteiger partial charge in [0, 0.05) is 6.07 Å². The van der Waals surface area contributed by atoms with Gasteiger partial charge in [-0.15, -0.1) is 0 Å². The average Bonchev–Trinajstić information content (AvgIpc) is 1.86. The molecule has 0 atom stereocenters. The molecule has 6 heavy (non-hydrogen) atoms. The lowest BCUT2D eigenvalue weighted by Gasteiger charge is -1.59. The molecule has 1 nitrogen and oxygen atoms in total. The second kappa shape index (κ2) is 1.35. The summed E-state index contributed by atoms with van der Waals surface area (Å²) in [6, 6.07) is 1.56. The normalized spacial score (nSPS) is 8.83. The van der Waals surface area contributed by atoms with Crippen LogP contribution in [0.15, 0.2) is 16.7 Å². The minimum absolute atomic E-state index is 0.593. The summed E-state index contributed by atoms with van der Waals surface area (Å²) in [5.41, 5.74) is 0. The molecule has 0 aromatic carbocycles. The minimum Gasteiger partial charge on any atom is -0.459 e. The quantitative estimate of drug-likeness (QED) is 0.485. The first-order valence-corrected chi connectivity index (χ1v) is 1.87. The summed E-state index contributed by atoms with van der Waals surface area (Å²) in [5.74, 6) is 0. The lowest BCUT2D eigenvalue weighted by Crippen LogP contribution is -1.35. The zero-order valence-corrected chi connectivity index (χ0v) is 3.70. The van der Waals surface area contributed by atoms with E-state index in [0.717, 1.165) is 0 Å². The highest BCUT2D eigenvalue weighted by Gasteiger charge is 1.80. The summed E-state index contributed by atoms with van der Waals surface area (Å²) in [4.78, 5) is 0. The van der Waals surface area contributed by atoms with Crippen molar-refractivity contribution in [2.75, 3.05) is 0 Å². The Morgan fingerprint density at radius 3 is 2.83 bits per heavy atom. The number of hydrogen-bond acceptors (Lipinski definition) is 1. The number of hydrogen-bond donors (Lipinski definition) is 0. The Labute approximate surface area is 40.5 Å². The third-order valence-corrected chi connectivity index (χ3v) is 0.635. The van der Waals surface area contributed by atoms with Crippen LogP contribution in [0.25, 0.3) is 0 Å². The summed E-state index contributed by atoms with van der Waals surface area (Å²) >= 11 is 5.33. The molecule has 0 unspecified atom stereocenters. The maximum Gasteiger partial charge on any atom is 0.170 e. The van der Waals surface area contributed by atoms with Crippen LogP contribution in [0.4, 0.5) is 0 Å². The first-order valence-electron chi connectivity index (χ1n) is 1.49. The van der Waals surface area contributed by atoms with Gasteiger partial charge in [-0.3, -0.25) is 0 Å². The van der Waals surface area contributed by atoms with Gasteiger partial charge in [-0.2, -0.15) is 0 Å². The van der Waals surface area contributed by atoms with Crippen LogP contribution in [0.3, 0.4) is 0 Å². The number of halogens is 1. The fourth-order valence-electron chi connectivity index (χ4n) is 0.215. The largest absolute Gasteiger partial charge is 0.459 e. The first kappa shape index (κ1) is 3.75. The van der Waals surface area contributed by atoms with Gasteiger partial charge in [0.05, 0.1) is 5.02 Å². The minimum atomic E-state index is 0.593. The van der Waals surface area contributed by atoms with Crippen molar-refractivity contribution in [3.63, 3.8) is 0 Å². The number of rotatable bonds is 0. The van der Waals surface area contributed by atoms with Crippen LogP contribution in [0.2, 0.25) is 5.02 Å². The van der Waals surface area contributed by atoms with Crippen LogP contribution in [0.1, 0.15) is 0 Å². The summed E-state index contributed by atoms with van der Waals surface area (Å²) < 4.78 is 4.46. The maximum absolute atomic E-state index is 5.33. The summed E-state index contributed by atoms with van der Waals surface area (Å²) in [7, 11) is 0.